The van der Waals surface area contributed by atoms with Crippen molar-refractivity contribution >= 4 is 27.9 Å². The minimum Gasteiger partial charge on any atom is -0.457 e. The maximum absolute atomic E-state index is 11.0. The standard InChI is InChI=1S/C10H16BrNO7/c1-4(14)17-8-6(3-13)19-10(11,12)9(7(8)16)18-5(2)15/h6-9,13,16H,3,12H2,1-2H3/t6-,7-,8-,9+,10+/m0/s1. The molecule has 1 saturated heterocycles. The van der Waals surface area contributed by atoms with Crippen molar-refractivity contribution < 1.29 is 34.0 Å². The number of carbonyl (C=O) groups is 2. The van der Waals surface area contributed by atoms with Crippen LogP contribution < -0.4 is 5.73 Å². The number of aliphatic hydroxyl groups excluding tert-OH is 2. The molecule has 19 heavy (non-hydrogen) atoms. The number of rotatable bonds is 3. The number of alkyl halides is 1. The molecule has 0 saturated carbocycles. The highest BCUT2D eigenvalue weighted by molar-refractivity contribution is 9.10. The fourth-order valence-electron chi connectivity index (χ4n) is 1.80. The van der Waals surface area contributed by atoms with Crippen molar-refractivity contribution in [1.29, 1.82) is 0 Å². The Bertz CT molecular complexity index is 362. The molecule has 0 aromatic carbocycles. The highest BCUT2D eigenvalue weighted by Crippen LogP contribution is 2.34. The average Bonchev–Trinajstić information content (AvgIpc) is 2.27. The normalized spacial score (nSPS) is 38.6. The van der Waals surface area contributed by atoms with Gasteiger partial charge in [-0.15, -0.1) is 0 Å². The van der Waals surface area contributed by atoms with Crippen LogP contribution in [0.3, 0.4) is 0 Å². The van der Waals surface area contributed by atoms with Crippen molar-refractivity contribution in [2.75, 3.05) is 6.61 Å². The summed E-state index contributed by atoms with van der Waals surface area (Å²) in [6.45, 7) is 1.74. The van der Waals surface area contributed by atoms with E-state index in [0.29, 0.717) is 0 Å². The number of hydrogen-bond donors (Lipinski definition) is 3. The minimum absolute atomic E-state index is 0.535. The molecule has 0 aliphatic carbocycles. The van der Waals surface area contributed by atoms with Crippen molar-refractivity contribution in [3.8, 4) is 0 Å². The van der Waals surface area contributed by atoms with Crippen LogP contribution >= 0.6 is 15.9 Å². The Morgan fingerprint density at radius 3 is 2.32 bits per heavy atom. The van der Waals surface area contributed by atoms with Gasteiger partial charge in [-0.05, 0) is 15.9 Å². The molecule has 1 heterocycles. The summed E-state index contributed by atoms with van der Waals surface area (Å²) in [5.74, 6) is -1.36. The number of ether oxygens (including phenoxy) is 3. The maximum Gasteiger partial charge on any atom is 0.303 e. The predicted octanol–water partition coefficient (Wildman–Crippen LogP) is -1.39. The van der Waals surface area contributed by atoms with E-state index in [1.165, 1.54) is 0 Å². The van der Waals surface area contributed by atoms with E-state index in [-0.39, 0.29) is 0 Å². The molecular formula is C10H16BrNO7. The van der Waals surface area contributed by atoms with E-state index >= 15 is 0 Å². The Hall–Kier alpha value is -0.740. The third kappa shape index (κ3) is 3.86. The fraction of sp³-hybridized carbons (Fsp3) is 0.800. The largest absolute Gasteiger partial charge is 0.457 e. The second-order valence-corrected chi connectivity index (χ2v) is 5.37. The first-order valence-corrected chi connectivity index (χ1v) is 6.27. The van der Waals surface area contributed by atoms with Crippen LogP contribution in [0, 0.1) is 0 Å². The summed E-state index contributed by atoms with van der Waals surface area (Å²) in [5, 5.41) is 19.3. The van der Waals surface area contributed by atoms with Gasteiger partial charge in [-0.3, -0.25) is 15.3 Å². The zero-order valence-corrected chi connectivity index (χ0v) is 12.0. The number of aliphatic hydroxyl groups is 2. The van der Waals surface area contributed by atoms with Crippen molar-refractivity contribution in [2.45, 2.75) is 42.9 Å². The highest BCUT2D eigenvalue weighted by Gasteiger charge is 2.54. The summed E-state index contributed by atoms with van der Waals surface area (Å²) in [6, 6.07) is 0. The molecule has 8 nitrogen and oxygen atoms in total. The van der Waals surface area contributed by atoms with Gasteiger partial charge in [0.15, 0.2) is 12.2 Å². The molecule has 0 radical (unpaired) electrons. The van der Waals surface area contributed by atoms with Gasteiger partial charge in [0.25, 0.3) is 0 Å². The molecule has 0 spiro atoms. The van der Waals surface area contributed by atoms with E-state index in [4.69, 9.17) is 19.9 Å². The molecule has 0 unspecified atom stereocenters. The molecule has 0 aromatic rings. The summed E-state index contributed by atoms with van der Waals surface area (Å²) >= 11 is 2.97. The van der Waals surface area contributed by atoms with E-state index in [2.05, 4.69) is 15.9 Å². The molecule has 0 aromatic heterocycles. The molecular weight excluding hydrogens is 326 g/mol. The number of hydrogen-bond acceptors (Lipinski definition) is 8. The molecule has 1 aliphatic heterocycles. The lowest BCUT2D eigenvalue weighted by atomic mass is 9.98. The van der Waals surface area contributed by atoms with Crippen LogP contribution in [0.15, 0.2) is 0 Å². The zero-order chi connectivity index (χ0) is 14.8. The van der Waals surface area contributed by atoms with Crippen molar-refractivity contribution in [1.82, 2.24) is 0 Å². The summed E-state index contributed by atoms with van der Waals surface area (Å²) in [5.41, 5.74) is 5.73. The molecule has 0 amide bonds. The summed E-state index contributed by atoms with van der Waals surface area (Å²) in [7, 11) is 0. The zero-order valence-electron chi connectivity index (χ0n) is 10.4. The lowest BCUT2D eigenvalue weighted by molar-refractivity contribution is -0.252. The topological polar surface area (TPSA) is 128 Å². The first-order chi connectivity index (χ1) is 8.69. The summed E-state index contributed by atoms with van der Waals surface area (Å²) < 4.78 is 13.3. The SMILES string of the molecule is CC(=O)O[C@@H]1[C@H](O)[C@@H](OC(C)=O)[C@](N)(Br)O[C@H]1CO. The Morgan fingerprint density at radius 1 is 1.37 bits per heavy atom. The van der Waals surface area contributed by atoms with Crippen LogP contribution in [0.2, 0.25) is 0 Å². The van der Waals surface area contributed by atoms with E-state index < -0.39 is 47.6 Å². The van der Waals surface area contributed by atoms with Crippen molar-refractivity contribution in [3.05, 3.63) is 0 Å². The van der Waals surface area contributed by atoms with Crippen LogP contribution in [0.1, 0.15) is 13.8 Å². The Balaban J connectivity index is 2.98. The molecule has 1 fully saturated rings. The second-order valence-electron chi connectivity index (χ2n) is 4.13. The smallest absolute Gasteiger partial charge is 0.303 e. The molecule has 5 atom stereocenters. The minimum atomic E-state index is -1.69. The molecule has 110 valence electrons. The molecule has 1 aliphatic rings. The van der Waals surface area contributed by atoms with E-state index in [0.717, 1.165) is 13.8 Å². The fourth-order valence-corrected chi connectivity index (χ4v) is 2.40. The summed E-state index contributed by atoms with van der Waals surface area (Å²) in [4.78, 5) is 22.0. The number of halogens is 1. The van der Waals surface area contributed by atoms with E-state index in [1.807, 2.05) is 0 Å². The maximum atomic E-state index is 11.0. The predicted molar refractivity (Wildman–Crippen MR) is 64.9 cm³/mol. The van der Waals surface area contributed by atoms with Gasteiger partial charge in [0.2, 0.25) is 4.63 Å². The van der Waals surface area contributed by atoms with Gasteiger partial charge in [0.05, 0.1) is 6.61 Å². The number of carbonyl (C=O) groups excluding carboxylic acids is 2. The first kappa shape index (κ1) is 16.3. The Morgan fingerprint density at radius 2 is 1.89 bits per heavy atom. The van der Waals surface area contributed by atoms with Crippen LogP contribution in [0.25, 0.3) is 0 Å². The highest BCUT2D eigenvalue weighted by atomic mass is 79.9. The number of esters is 2. The van der Waals surface area contributed by atoms with Gasteiger partial charge >= 0.3 is 11.9 Å². The van der Waals surface area contributed by atoms with Gasteiger partial charge in [-0.2, -0.15) is 0 Å². The van der Waals surface area contributed by atoms with Crippen LogP contribution in [-0.2, 0) is 23.8 Å². The quantitative estimate of drug-likeness (QED) is 0.325. The lowest BCUT2D eigenvalue weighted by Gasteiger charge is -2.45. The van der Waals surface area contributed by atoms with E-state index in [1.54, 1.807) is 0 Å². The van der Waals surface area contributed by atoms with Crippen LogP contribution in [0.4, 0.5) is 0 Å². The van der Waals surface area contributed by atoms with Gasteiger partial charge in [-0.25, -0.2) is 0 Å². The second kappa shape index (κ2) is 6.14. The third-order valence-electron chi connectivity index (χ3n) is 2.51. The van der Waals surface area contributed by atoms with E-state index in [9.17, 15) is 19.8 Å². The van der Waals surface area contributed by atoms with Crippen molar-refractivity contribution in [2.24, 2.45) is 5.73 Å². The monoisotopic (exact) mass is 341 g/mol. The summed E-state index contributed by atoms with van der Waals surface area (Å²) in [6.07, 6.45) is -4.98. The van der Waals surface area contributed by atoms with Crippen LogP contribution in [0.5, 0.6) is 0 Å². The Labute approximate surface area is 117 Å². The molecule has 1 rings (SSSR count). The third-order valence-corrected chi connectivity index (χ3v) is 3.15. The van der Waals surface area contributed by atoms with Gasteiger partial charge < -0.3 is 24.4 Å². The number of nitrogens with two attached hydrogens (primary N) is 1. The van der Waals surface area contributed by atoms with Crippen molar-refractivity contribution in [3.63, 3.8) is 0 Å². The first-order valence-electron chi connectivity index (χ1n) is 5.48. The van der Waals surface area contributed by atoms with Gasteiger partial charge in [-0.1, -0.05) is 0 Å². The van der Waals surface area contributed by atoms with Crippen LogP contribution in [-0.4, -0.2) is 57.8 Å². The molecule has 4 N–H and O–H groups in total. The van der Waals surface area contributed by atoms with Gasteiger partial charge in [0, 0.05) is 13.8 Å². The van der Waals surface area contributed by atoms with Gasteiger partial charge in [0.1, 0.15) is 12.2 Å². The molecule has 9 heteroatoms. The lowest BCUT2D eigenvalue weighted by Crippen LogP contribution is -2.68. The average molecular weight is 342 g/mol. The molecule has 0 bridgehead atoms. The Kier molecular flexibility index (Phi) is 5.27.